The van der Waals surface area contributed by atoms with Gasteiger partial charge in [-0.2, -0.15) is 0 Å². The first-order chi connectivity index (χ1) is 10.1. The number of carbonyl (C=O) groups excluding carboxylic acids is 1. The molecule has 2 rings (SSSR count). The Hall–Kier alpha value is -1.89. The summed E-state index contributed by atoms with van der Waals surface area (Å²) in [7, 11) is 1.52. The average molecular weight is 311 g/mol. The highest BCUT2D eigenvalue weighted by atomic mass is 32.2. The van der Waals surface area contributed by atoms with E-state index in [1.54, 1.807) is 18.2 Å². The maximum Gasteiger partial charge on any atom is 0.327 e. The minimum atomic E-state index is -0.980. The van der Waals surface area contributed by atoms with Crippen LogP contribution in [-0.2, 0) is 4.79 Å². The van der Waals surface area contributed by atoms with Crippen molar-refractivity contribution >= 4 is 23.6 Å². The molecular weight excluding hydrogens is 294 g/mol. The zero-order valence-corrected chi connectivity index (χ0v) is 12.7. The van der Waals surface area contributed by atoms with Crippen molar-refractivity contribution in [2.24, 2.45) is 0 Å². The van der Waals surface area contributed by atoms with Gasteiger partial charge in [0, 0.05) is 11.3 Å². The van der Waals surface area contributed by atoms with Crippen LogP contribution in [0.1, 0.15) is 17.3 Å². The van der Waals surface area contributed by atoms with Crippen LogP contribution in [0.15, 0.2) is 18.2 Å². The highest BCUT2D eigenvalue weighted by molar-refractivity contribution is 7.99. The molecule has 1 aliphatic rings. The van der Waals surface area contributed by atoms with Crippen molar-refractivity contribution in [3.8, 4) is 11.5 Å². The van der Waals surface area contributed by atoms with Gasteiger partial charge in [0.05, 0.1) is 19.6 Å². The SMILES string of the molecule is CCOc1cc(C(=O)N2CSCC2C(=O)O)ccc1OC. The number of thioether (sulfide) groups is 1. The van der Waals surface area contributed by atoms with Crippen molar-refractivity contribution in [1.82, 2.24) is 4.90 Å². The van der Waals surface area contributed by atoms with E-state index in [4.69, 9.17) is 14.6 Å². The summed E-state index contributed by atoms with van der Waals surface area (Å²) in [6, 6.07) is 4.08. The number of benzene rings is 1. The first kappa shape index (κ1) is 15.5. The number of hydrogen-bond acceptors (Lipinski definition) is 5. The van der Waals surface area contributed by atoms with Crippen LogP contribution in [0.5, 0.6) is 11.5 Å². The summed E-state index contributed by atoms with van der Waals surface area (Å²) in [4.78, 5) is 25.0. The molecule has 0 aromatic heterocycles. The average Bonchev–Trinajstić information content (AvgIpc) is 2.96. The van der Waals surface area contributed by atoms with E-state index in [0.717, 1.165) is 0 Å². The Bertz CT molecular complexity index is 548. The van der Waals surface area contributed by atoms with Gasteiger partial charge in [0.15, 0.2) is 11.5 Å². The quantitative estimate of drug-likeness (QED) is 0.892. The van der Waals surface area contributed by atoms with E-state index in [-0.39, 0.29) is 5.91 Å². The van der Waals surface area contributed by atoms with Gasteiger partial charge in [-0.1, -0.05) is 0 Å². The predicted molar refractivity (Wildman–Crippen MR) is 79.1 cm³/mol. The third kappa shape index (κ3) is 3.24. The van der Waals surface area contributed by atoms with Crippen LogP contribution in [0.25, 0.3) is 0 Å². The van der Waals surface area contributed by atoms with Crippen molar-refractivity contribution in [1.29, 1.82) is 0 Å². The van der Waals surface area contributed by atoms with Crippen molar-refractivity contribution in [2.45, 2.75) is 13.0 Å². The van der Waals surface area contributed by atoms with Gasteiger partial charge >= 0.3 is 5.97 Å². The Morgan fingerprint density at radius 3 is 2.81 bits per heavy atom. The molecule has 1 saturated heterocycles. The lowest BCUT2D eigenvalue weighted by atomic mass is 10.1. The van der Waals surface area contributed by atoms with Gasteiger partial charge in [-0.15, -0.1) is 11.8 Å². The predicted octanol–water partition coefficient (Wildman–Crippen LogP) is 1.69. The topological polar surface area (TPSA) is 76.1 Å². The number of carboxylic acid groups (broad SMARTS) is 1. The maximum absolute atomic E-state index is 12.5. The van der Waals surface area contributed by atoms with Crippen molar-refractivity contribution < 1.29 is 24.2 Å². The first-order valence-electron chi connectivity index (χ1n) is 6.50. The third-order valence-corrected chi connectivity index (χ3v) is 4.15. The number of rotatable bonds is 5. The van der Waals surface area contributed by atoms with Crippen LogP contribution in [0, 0.1) is 0 Å². The summed E-state index contributed by atoms with van der Waals surface area (Å²) in [5.74, 6) is 0.521. The molecule has 0 saturated carbocycles. The molecule has 1 aromatic rings. The smallest absolute Gasteiger partial charge is 0.327 e. The maximum atomic E-state index is 12.5. The molecule has 6 nitrogen and oxygen atoms in total. The molecule has 1 aromatic carbocycles. The second kappa shape index (κ2) is 6.71. The van der Waals surface area contributed by atoms with E-state index in [0.29, 0.717) is 35.3 Å². The summed E-state index contributed by atoms with van der Waals surface area (Å²) in [6.07, 6.45) is 0. The normalized spacial score (nSPS) is 17.6. The van der Waals surface area contributed by atoms with Gasteiger partial charge < -0.3 is 19.5 Å². The number of aliphatic carboxylic acids is 1. The molecule has 1 unspecified atom stereocenters. The highest BCUT2D eigenvalue weighted by Gasteiger charge is 2.35. The lowest BCUT2D eigenvalue weighted by Gasteiger charge is -2.21. The molecule has 1 fully saturated rings. The van der Waals surface area contributed by atoms with Crippen LogP contribution < -0.4 is 9.47 Å². The highest BCUT2D eigenvalue weighted by Crippen LogP contribution is 2.30. The molecular formula is C14H17NO5S. The molecule has 1 N–H and O–H groups in total. The Morgan fingerprint density at radius 1 is 1.43 bits per heavy atom. The van der Waals surface area contributed by atoms with Crippen LogP contribution in [0.3, 0.4) is 0 Å². The summed E-state index contributed by atoms with van der Waals surface area (Å²) < 4.78 is 10.6. The van der Waals surface area contributed by atoms with Gasteiger partial charge in [0.25, 0.3) is 5.91 Å². The summed E-state index contributed by atoms with van der Waals surface area (Å²) in [5.41, 5.74) is 0.396. The van der Waals surface area contributed by atoms with Crippen molar-refractivity contribution in [2.75, 3.05) is 25.3 Å². The number of ether oxygens (including phenoxy) is 2. The molecule has 1 aliphatic heterocycles. The monoisotopic (exact) mass is 311 g/mol. The number of carbonyl (C=O) groups is 2. The lowest BCUT2D eigenvalue weighted by Crippen LogP contribution is -2.41. The van der Waals surface area contributed by atoms with E-state index in [1.807, 2.05) is 6.92 Å². The largest absolute Gasteiger partial charge is 0.493 e. The fraction of sp³-hybridized carbons (Fsp3) is 0.429. The van der Waals surface area contributed by atoms with Gasteiger partial charge in [-0.05, 0) is 25.1 Å². The second-order valence-corrected chi connectivity index (χ2v) is 5.43. The Balaban J connectivity index is 2.26. The van der Waals surface area contributed by atoms with Crippen LogP contribution >= 0.6 is 11.8 Å². The standard InChI is InChI=1S/C14H17NO5S/c1-3-20-12-6-9(4-5-11(12)19-2)13(16)15-8-21-7-10(15)14(17)18/h4-6,10H,3,7-8H2,1-2H3,(H,17,18). The van der Waals surface area contributed by atoms with Gasteiger partial charge in [0.2, 0.25) is 0 Å². The molecule has 114 valence electrons. The molecule has 1 amide bonds. The lowest BCUT2D eigenvalue weighted by molar-refractivity contribution is -0.140. The Labute approximate surface area is 127 Å². The molecule has 21 heavy (non-hydrogen) atoms. The first-order valence-corrected chi connectivity index (χ1v) is 7.66. The van der Waals surface area contributed by atoms with Crippen LogP contribution in [0.4, 0.5) is 0 Å². The van der Waals surface area contributed by atoms with Gasteiger partial charge in [0.1, 0.15) is 6.04 Å². The van der Waals surface area contributed by atoms with E-state index >= 15 is 0 Å². The van der Waals surface area contributed by atoms with Crippen LogP contribution in [0.2, 0.25) is 0 Å². The zero-order valence-electron chi connectivity index (χ0n) is 11.9. The fourth-order valence-electron chi connectivity index (χ4n) is 2.09. The number of nitrogens with zero attached hydrogens (tertiary/aromatic N) is 1. The summed E-state index contributed by atoms with van der Waals surface area (Å²) in [6.45, 7) is 2.29. The number of hydrogen-bond donors (Lipinski definition) is 1. The number of amides is 1. The zero-order chi connectivity index (χ0) is 15.4. The molecule has 0 aliphatic carbocycles. The molecule has 7 heteroatoms. The van der Waals surface area contributed by atoms with E-state index < -0.39 is 12.0 Å². The molecule has 0 bridgehead atoms. The number of methoxy groups -OCH3 is 1. The minimum Gasteiger partial charge on any atom is -0.493 e. The van der Waals surface area contributed by atoms with E-state index in [2.05, 4.69) is 0 Å². The third-order valence-electron chi connectivity index (χ3n) is 3.14. The fourth-order valence-corrected chi connectivity index (χ4v) is 3.24. The molecule has 1 heterocycles. The summed E-state index contributed by atoms with van der Waals surface area (Å²) in [5, 5.41) is 9.15. The molecule has 1 atom stereocenters. The van der Waals surface area contributed by atoms with Gasteiger partial charge in [-0.3, -0.25) is 4.79 Å². The molecule has 0 radical (unpaired) electrons. The number of carboxylic acids is 1. The van der Waals surface area contributed by atoms with Gasteiger partial charge in [-0.25, -0.2) is 4.79 Å². The second-order valence-electron chi connectivity index (χ2n) is 4.43. The minimum absolute atomic E-state index is 0.309. The van der Waals surface area contributed by atoms with Crippen molar-refractivity contribution in [3.63, 3.8) is 0 Å². The molecule has 0 spiro atoms. The van der Waals surface area contributed by atoms with Crippen LogP contribution in [-0.4, -0.2) is 53.3 Å². The summed E-state index contributed by atoms with van der Waals surface area (Å²) >= 11 is 1.43. The van der Waals surface area contributed by atoms with E-state index in [1.165, 1.54) is 23.8 Å². The Morgan fingerprint density at radius 2 is 2.19 bits per heavy atom. The Kier molecular flexibility index (Phi) is 4.95. The van der Waals surface area contributed by atoms with E-state index in [9.17, 15) is 9.59 Å². The van der Waals surface area contributed by atoms with Crippen molar-refractivity contribution in [3.05, 3.63) is 23.8 Å².